The Bertz CT molecular complexity index is 1840. The van der Waals surface area contributed by atoms with E-state index in [1.165, 1.54) is 0 Å². The number of carbonyl (C=O) groups is 9. The van der Waals surface area contributed by atoms with Crippen LogP contribution in [0, 0.1) is 11.8 Å². The zero-order valence-corrected chi connectivity index (χ0v) is 40.0. The maximum Gasteiger partial charge on any atom is 0.326 e. The molecule has 0 spiro atoms. The van der Waals surface area contributed by atoms with Crippen molar-refractivity contribution in [2.45, 2.75) is 134 Å². The molecule has 0 aliphatic heterocycles. The molecule has 0 saturated carbocycles. The number of aliphatic hydroxyl groups excluding tert-OH is 2. The molecule has 70 heavy (non-hydrogen) atoms. The van der Waals surface area contributed by atoms with Crippen LogP contribution in [0.25, 0.3) is 0 Å². The molecule has 0 saturated heterocycles. The van der Waals surface area contributed by atoms with E-state index in [1.54, 1.807) is 27.7 Å². The van der Waals surface area contributed by atoms with E-state index in [0.29, 0.717) is 0 Å². The Morgan fingerprint density at radius 1 is 0.429 bits per heavy atom. The third-order valence-corrected chi connectivity index (χ3v) is 9.76. The molecule has 8 atom stereocenters. The van der Waals surface area contributed by atoms with E-state index in [9.17, 15) is 58.5 Å². The maximum absolute atomic E-state index is 14.0. The summed E-state index contributed by atoms with van der Waals surface area (Å²) in [5.41, 5.74) is 37.9. The molecule has 7 amide bonds. The van der Waals surface area contributed by atoms with E-state index < -0.39 is 121 Å². The van der Waals surface area contributed by atoms with Crippen LogP contribution in [0.3, 0.4) is 0 Å². The summed E-state index contributed by atoms with van der Waals surface area (Å²) in [7, 11) is 0. The molecule has 0 rings (SSSR count). The van der Waals surface area contributed by atoms with Crippen molar-refractivity contribution < 1.29 is 63.6 Å². The Morgan fingerprint density at radius 2 is 0.700 bits per heavy atom. The van der Waals surface area contributed by atoms with Crippen LogP contribution < -0.4 is 77.4 Å². The summed E-state index contributed by atoms with van der Waals surface area (Å²) in [4.78, 5) is 129. The number of amides is 7. The first-order chi connectivity index (χ1) is 32.7. The van der Waals surface area contributed by atoms with Gasteiger partial charge < -0.3 is 97.8 Å². The molecule has 0 aromatic carbocycles. The van der Waals surface area contributed by atoms with E-state index in [-0.39, 0.29) is 101 Å². The molecule has 0 aliphatic carbocycles. The molecule has 0 aromatic rings. The Balaban J connectivity index is 6.38. The van der Waals surface area contributed by atoms with Gasteiger partial charge in [-0.3, -0.25) is 53.3 Å². The van der Waals surface area contributed by atoms with Gasteiger partial charge in [0.05, 0.1) is 25.7 Å². The quantitative estimate of drug-likeness (QED) is 0.0159. The number of nitrogens with one attached hydrogen (secondary N) is 7. The Kier molecular flexibility index (Phi) is 30.0. The van der Waals surface area contributed by atoms with Gasteiger partial charge in [-0.05, 0) is 63.2 Å². The molecule has 30 heteroatoms. The van der Waals surface area contributed by atoms with E-state index in [0.717, 1.165) is 0 Å². The number of rotatable bonds is 35. The van der Waals surface area contributed by atoms with Crippen molar-refractivity contribution in [2.75, 3.05) is 32.8 Å². The van der Waals surface area contributed by atoms with Crippen molar-refractivity contribution in [3.63, 3.8) is 0 Å². The van der Waals surface area contributed by atoms with Crippen molar-refractivity contribution in [1.82, 2.24) is 37.2 Å². The molecule has 0 aliphatic rings. The number of hydrogen-bond donors (Lipinski definition) is 18. The van der Waals surface area contributed by atoms with Crippen LogP contribution in [0.4, 0.5) is 0 Å². The summed E-state index contributed by atoms with van der Waals surface area (Å²) in [5.74, 6) is -10.9. The summed E-state index contributed by atoms with van der Waals surface area (Å²) in [5, 5.41) is 55.8. The number of carboxylic acid groups (broad SMARTS) is 2. The molecule has 0 fully saturated rings. The van der Waals surface area contributed by atoms with E-state index in [1.807, 2.05) is 0 Å². The number of aliphatic hydroxyl groups is 2. The molecule has 30 nitrogen and oxygen atoms in total. The zero-order valence-electron chi connectivity index (χ0n) is 40.0. The highest BCUT2D eigenvalue weighted by Crippen LogP contribution is 2.11. The average molecular weight is 1000 g/mol. The van der Waals surface area contributed by atoms with Crippen molar-refractivity contribution in [3.05, 3.63) is 0 Å². The summed E-state index contributed by atoms with van der Waals surface area (Å²) in [6.45, 7) is 4.89. The van der Waals surface area contributed by atoms with Gasteiger partial charge in [0.15, 0.2) is 17.9 Å². The number of guanidine groups is 3. The lowest BCUT2D eigenvalue weighted by Crippen LogP contribution is -2.61. The lowest BCUT2D eigenvalue weighted by Gasteiger charge is -2.28. The number of aliphatic carboxylic acids is 2. The predicted octanol–water partition coefficient (Wildman–Crippen LogP) is -7.50. The second-order valence-corrected chi connectivity index (χ2v) is 16.9. The lowest BCUT2D eigenvalue weighted by molar-refractivity contribution is -0.142. The standard InChI is InChI=1S/C40H75N17O13/c1-19(2)14-25(33(65)53-24(37(69)70)10-7-13-50-40(46)47)55-35(67)27(17-58)57-36(68)28(18-59)56-34(66)26(15-20(3)4)54-32(64)23(9-6-12-49-39(44)45)52-31(63)22(8-5-11-48-38(42)43)51-30(62)21(41)16-29(60)61/h19-28,58-59H,5-18,41H2,1-4H3,(H,51,62)(H,52,63)(H,53,65)(H,54,64)(H,55,67)(H,56,66)(H,57,68)(H,60,61)(H,69,70)(H4,42,43,48)(H4,44,45,49)(H4,46,47,50)/t21-,22-,23-,24-,25-,26-,27-,28-/m0/s1. The number of nitrogens with zero attached hydrogens (tertiary/aromatic N) is 3. The number of hydrogen-bond acceptors (Lipinski definition) is 15. The Labute approximate surface area is 405 Å². The maximum atomic E-state index is 14.0. The summed E-state index contributed by atoms with van der Waals surface area (Å²) >= 11 is 0. The largest absolute Gasteiger partial charge is 0.481 e. The number of carbonyl (C=O) groups excluding carboxylic acids is 7. The van der Waals surface area contributed by atoms with Gasteiger partial charge in [0.25, 0.3) is 0 Å². The van der Waals surface area contributed by atoms with Crippen LogP contribution >= 0.6 is 0 Å². The summed E-state index contributed by atoms with van der Waals surface area (Å²) < 4.78 is 0. The minimum absolute atomic E-state index is 0.000313. The first-order valence-electron chi connectivity index (χ1n) is 22.4. The van der Waals surface area contributed by atoms with Crippen LogP contribution in [-0.4, -0.2) is 173 Å². The molecule has 0 bridgehead atoms. The van der Waals surface area contributed by atoms with Crippen LogP contribution in [-0.2, 0) is 43.2 Å². The third kappa shape index (κ3) is 27.1. The topological polar surface area (TPSA) is 538 Å². The second kappa shape index (κ2) is 33.4. The lowest BCUT2D eigenvalue weighted by atomic mass is 10.0. The van der Waals surface area contributed by atoms with Crippen LogP contribution in [0.15, 0.2) is 15.0 Å². The highest BCUT2D eigenvalue weighted by atomic mass is 16.4. The van der Waals surface area contributed by atoms with Crippen molar-refractivity contribution in [1.29, 1.82) is 0 Å². The highest BCUT2D eigenvalue weighted by molar-refractivity contribution is 5.98. The van der Waals surface area contributed by atoms with Gasteiger partial charge in [-0.25, -0.2) is 4.79 Å². The SMILES string of the molecule is CC(C)C[C@H](NC(=O)[C@H](CO)NC(=O)[C@H](CO)NC(=O)[C@H](CC(C)C)NC(=O)[C@H](CCCN=C(N)N)NC(=O)[C@H](CCCN=C(N)N)NC(=O)[C@@H](N)CC(=O)O)C(=O)N[C@@H](CCCN=C(N)N)C(=O)O. The van der Waals surface area contributed by atoms with Gasteiger partial charge in [-0.2, -0.15) is 0 Å². The fraction of sp³-hybridized carbons (Fsp3) is 0.700. The van der Waals surface area contributed by atoms with Gasteiger partial charge in [-0.1, -0.05) is 27.7 Å². The monoisotopic (exact) mass is 1000 g/mol. The molecule has 0 aromatic heterocycles. The average Bonchev–Trinajstić information content (AvgIpc) is 3.25. The fourth-order valence-corrected chi connectivity index (χ4v) is 6.29. The van der Waals surface area contributed by atoms with Gasteiger partial charge in [0.1, 0.15) is 42.3 Å². The van der Waals surface area contributed by atoms with E-state index >= 15 is 0 Å². The number of aliphatic imine (C=N–C) groups is 3. The van der Waals surface area contributed by atoms with E-state index in [4.69, 9.17) is 45.2 Å². The molecular formula is C40H75N17O13. The predicted molar refractivity (Wildman–Crippen MR) is 254 cm³/mol. The fourth-order valence-electron chi connectivity index (χ4n) is 6.29. The molecule has 0 radical (unpaired) electrons. The van der Waals surface area contributed by atoms with Gasteiger partial charge in [0, 0.05) is 19.6 Å². The highest BCUT2D eigenvalue weighted by Gasteiger charge is 2.34. The number of nitrogens with two attached hydrogens (primary N) is 7. The normalized spacial score (nSPS) is 14.4. The number of carboxylic acids is 2. The molecular weight excluding hydrogens is 927 g/mol. The van der Waals surface area contributed by atoms with Crippen molar-refractivity contribution in [3.8, 4) is 0 Å². The van der Waals surface area contributed by atoms with Crippen LogP contribution in [0.5, 0.6) is 0 Å². The van der Waals surface area contributed by atoms with Crippen molar-refractivity contribution in [2.24, 2.45) is 66.9 Å². The summed E-state index contributed by atoms with van der Waals surface area (Å²) in [6.07, 6.45) is -0.714. The van der Waals surface area contributed by atoms with Crippen molar-refractivity contribution >= 4 is 71.2 Å². The van der Waals surface area contributed by atoms with Gasteiger partial charge >= 0.3 is 11.9 Å². The Hall–Kier alpha value is -7.08. The molecule has 398 valence electrons. The Morgan fingerprint density at radius 3 is 1.00 bits per heavy atom. The van der Waals surface area contributed by atoms with E-state index in [2.05, 4.69) is 52.2 Å². The first kappa shape index (κ1) is 62.9. The summed E-state index contributed by atoms with van der Waals surface area (Å²) in [6, 6.07) is -12.0. The second-order valence-electron chi connectivity index (χ2n) is 16.9. The third-order valence-electron chi connectivity index (χ3n) is 9.76. The molecule has 0 unspecified atom stereocenters. The van der Waals surface area contributed by atoms with Gasteiger partial charge in [-0.15, -0.1) is 0 Å². The molecule has 25 N–H and O–H groups in total. The smallest absolute Gasteiger partial charge is 0.326 e. The molecule has 0 heterocycles. The first-order valence-corrected chi connectivity index (χ1v) is 22.4. The van der Waals surface area contributed by atoms with Gasteiger partial charge in [0.2, 0.25) is 41.4 Å². The minimum atomic E-state index is -1.78. The van der Waals surface area contributed by atoms with Crippen LogP contribution in [0.2, 0.25) is 0 Å². The van der Waals surface area contributed by atoms with Crippen LogP contribution in [0.1, 0.15) is 85.5 Å². The minimum Gasteiger partial charge on any atom is -0.481 e. The zero-order chi connectivity index (χ0) is 53.7.